The van der Waals surface area contributed by atoms with Crippen molar-refractivity contribution in [3.05, 3.63) is 23.7 Å². The highest BCUT2D eigenvalue weighted by Gasteiger charge is 2.40. The second-order valence-electron chi connectivity index (χ2n) is 4.36. The maximum absolute atomic E-state index is 11.9. The van der Waals surface area contributed by atoms with Crippen molar-refractivity contribution in [1.82, 2.24) is 4.90 Å². The molecular weight excluding hydrogens is 220 g/mol. The maximum atomic E-state index is 11.9. The first kappa shape index (κ1) is 12.1. The lowest BCUT2D eigenvalue weighted by atomic mass is 10.0. The van der Waals surface area contributed by atoms with Crippen LogP contribution in [-0.4, -0.2) is 37.1 Å². The summed E-state index contributed by atoms with van der Waals surface area (Å²) < 4.78 is 10.5. The van der Waals surface area contributed by atoms with Crippen molar-refractivity contribution in [2.24, 2.45) is 5.73 Å². The minimum atomic E-state index is -0.204. The van der Waals surface area contributed by atoms with Crippen LogP contribution in [0.4, 0.5) is 0 Å². The molecule has 1 aromatic heterocycles. The molecule has 1 fully saturated rings. The van der Waals surface area contributed by atoms with Crippen LogP contribution in [0, 0.1) is 6.92 Å². The van der Waals surface area contributed by atoms with Gasteiger partial charge in [0.05, 0.1) is 12.9 Å². The lowest BCUT2D eigenvalue weighted by Crippen LogP contribution is -2.35. The molecule has 1 amide bonds. The third-order valence-corrected chi connectivity index (χ3v) is 3.18. The quantitative estimate of drug-likeness (QED) is 0.843. The third-order valence-electron chi connectivity index (χ3n) is 3.18. The molecule has 0 radical (unpaired) electrons. The van der Waals surface area contributed by atoms with Crippen LogP contribution < -0.4 is 5.73 Å². The maximum Gasteiger partial charge on any atom is 0.224 e. The Bertz CT molecular complexity index is 402. The monoisotopic (exact) mass is 238 g/mol. The molecule has 17 heavy (non-hydrogen) atoms. The van der Waals surface area contributed by atoms with E-state index in [1.807, 2.05) is 13.0 Å². The zero-order valence-electron chi connectivity index (χ0n) is 10.2. The zero-order chi connectivity index (χ0) is 12.4. The molecule has 0 spiro atoms. The van der Waals surface area contributed by atoms with Gasteiger partial charge in [-0.15, -0.1) is 0 Å². The summed E-state index contributed by atoms with van der Waals surface area (Å²) in [4.78, 5) is 13.6. The molecule has 0 saturated carbocycles. The first-order valence-corrected chi connectivity index (χ1v) is 5.73. The summed E-state index contributed by atoms with van der Waals surface area (Å²) in [6.07, 6.45) is 2.00. The summed E-state index contributed by atoms with van der Waals surface area (Å²) in [5.41, 5.74) is 7.06. The summed E-state index contributed by atoms with van der Waals surface area (Å²) >= 11 is 0. The number of nitrogens with two attached hydrogens (primary N) is 1. The average molecular weight is 238 g/mol. The van der Waals surface area contributed by atoms with Crippen LogP contribution >= 0.6 is 0 Å². The average Bonchev–Trinajstić information content (AvgIpc) is 2.80. The second kappa shape index (κ2) is 4.89. The lowest BCUT2D eigenvalue weighted by Gasteiger charge is -2.25. The van der Waals surface area contributed by atoms with Crippen molar-refractivity contribution >= 4 is 5.91 Å². The van der Waals surface area contributed by atoms with Crippen LogP contribution in [0.1, 0.15) is 23.8 Å². The molecule has 0 aromatic carbocycles. The SMILES string of the molecule is COCCN1C(=O)CC(N)C1c1occc1C. The molecule has 0 bridgehead atoms. The van der Waals surface area contributed by atoms with Crippen molar-refractivity contribution in [3.8, 4) is 0 Å². The van der Waals surface area contributed by atoms with E-state index in [9.17, 15) is 4.79 Å². The Kier molecular flexibility index (Phi) is 3.49. The van der Waals surface area contributed by atoms with Crippen LogP contribution in [0.3, 0.4) is 0 Å². The number of amides is 1. The van der Waals surface area contributed by atoms with Gasteiger partial charge in [0.1, 0.15) is 11.8 Å². The Balaban J connectivity index is 2.23. The summed E-state index contributed by atoms with van der Waals surface area (Å²) in [5, 5.41) is 0. The van der Waals surface area contributed by atoms with Gasteiger partial charge >= 0.3 is 0 Å². The number of nitrogens with zero attached hydrogens (tertiary/aromatic N) is 1. The van der Waals surface area contributed by atoms with Gasteiger partial charge in [0.2, 0.25) is 5.91 Å². The van der Waals surface area contributed by atoms with Crippen molar-refractivity contribution in [2.75, 3.05) is 20.3 Å². The minimum Gasteiger partial charge on any atom is -0.467 e. The Morgan fingerprint density at radius 3 is 3.00 bits per heavy atom. The van der Waals surface area contributed by atoms with Gasteiger partial charge in [0, 0.05) is 26.1 Å². The van der Waals surface area contributed by atoms with Crippen LogP contribution in [-0.2, 0) is 9.53 Å². The van der Waals surface area contributed by atoms with Crippen LogP contribution in [0.15, 0.2) is 16.7 Å². The van der Waals surface area contributed by atoms with E-state index >= 15 is 0 Å². The molecule has 5 heteroatoms. The van der Waals surface area contributed by atoms with E-state index in [1.54, 1.807) is 18.3 Å². The van der Waals surface area contributed by atoms with E-state index < -0.39 is 0 Å². The summed E-state index contributed by atoms with van der Waals surface area (Å²) in [7, 11) is 1.62. The molecule has 2 rings (SSSR count). The van der Waals surface area contributed by atoms with Gasteiger partial charge in [-0.3, -0.25) is 4.79 Å². The fourth-order valence-corrected chi connectivity index (χ4v) is 2.29. The lowest BCUT2D eigenvalue weighted by molar-refractivity contribution is -0.129. The standard InChI is InChI=1S/C12H18N2O3/c1-8-3-5-17-12(8)11-9(13)7-10(15)14(11)4-6-16-2/h3,5,9,11H,4,6-7,13H2,1-2H3. The summed E-state index contributed by atoms with van der Waals surface area (Å²) in [5.74, 6) is 0.856. The fourth-order valence-electron chi connectivity index (χ4n) is 2.29. The van der Waals surface area contributed by atoms with Gasteiger partial charge in [-0.1, -0.05) is 0 Å². The molecule has 1 saturated heterocycles. The van der Waals surface area contributed by atoms with Crippen LogP contribution in [0.2, 0.25) is 0 Å². The number of carbonyl (C=O) groups excluding carboxylic acids is 1. The van der Waals surface area contributed by atoms with Gasteiger partial charge in [-0.2, -0.15) is 0 Å². The predicted octanol–water partition coefficient (Wildman–Crippen LogP) is 0.835. The van der Waals surface area contributed by atoms with Crippen LogP contribution in [0.5, 0.6) is 0 Å². The largest absolute Gasteiger partial charge is 0.467 e. The fraction of sp³-hybridized carbons (Fsp3) is 0.583. The van der Waals surface area contributed by atoms with E-state index in [-0.39, 0.29) is 18.0 Å². The van der Waals surface area contributed by atoms with Crippen molar-refractivity contribution in [1.29, 1.82) is 0 Å². The molecule has 0 aliphatic carbocycles. The molecule has 94 valence electrons. The number of hydrogen-bond acceptors (Lipinski definition) is 4. The van der Waals surface area contributed by atoms with E-state index in [0.29, 0.717) is 19.6 Å². The summed E-state index contributed by atoms with van der Waals surface area (Å²) in [6, 6.07) is 1.52. The number of aryl methyl sites for hydroxylation is 1. The van der Waals surface area contributed by atoms with Gasteiger partial charge < -0.3 is 19.8 Å². The molecule has 2 N–H and O–H groups in total. The van der Waals surface area contributed by atoms with Crippen molar-refractivity contribution < 1.29 is 13.9 Å². The Hall–Kier alpha value is -1.33. The Labute approximate surface area is 101 Å². The first-order chi connectivity index (χ1) is 8.15. The van der Waals surface area contributed by atoms with E-state index in [4.69, 9.17) is 14.9 Å². The normalized spacial score (nSPS) is 24.6. The number of ether oxygens (including phenoxy) is 1. The van der Waals surface area contributed by atoms with E-state index in [1.165, 1.54) is 0 Å². The topological polar surface area (TPSA) is 68.7 Å². The number of methoxy groups -OCH3 is 1. The Morgan fingerprint density at radius 2 is 2.41 bits per heavy atom. The van der Waals surface area contributed by atoms with Gasteiger partial charge in [0.25, 0.3) is 0 Å². The first-order valence-electron chi connectivity index (χ1n) is 5.73. The molecule has 1 aliphatic rings. The van der Waals surface area contributed by atoms with Crippen LogP contribution in [0.25, 0.3) is 0 Å². The molecular formula is C12H18N2O3. The number of rotatable bonds is 4. The number of likely N-dealkylation sites (tertiary alicyclic amines) is 1. The molecule has 2 atom stereocenters. The highest BCUT2D eigenvalue weighted by molar-refractivity contribution is 5.80. The number of hydrogen-bond donors (Lipinski definition) is 1. The van der Waals surface area contributed by atoms with Gasteiger partial charge in [0.15, 0.2) is 0 Å². The molecule has 2 heterocycles. The Morgan fingerprint density at radius 1 is 1.65 bits per heavy atom. The van der Waals surface area contributed by atoms with E-state index in [2.05, 4.69) is 0 Å². The van der Waals surface area contributed by atoms with Crippen molar-refractivity contribution in [2.45, 2.75) is 25.4 Å². The highest BCUT2D eigenvalue weighted by atomic mass is 16.5. The third kappa shape index (κ3) is 2.21. The molecule has 2 unspecified atom stereocenters. The van der Waals surface area contributed by atoms with Gasteiger partial charge in [-0.25, -0.2) is 0 Å². The molecule has 1 aromatic rings. The zero-order valence-corrected chi connectivity index (χ0v) is 10.2. The van der Waals surface area contributed by atoms with Crippen molar-refractivity contribution in [3.63, 3.8) is 0 Å². The van der Waals surface area contributed by atoms with E-state index in [0.717, 1.165) is 11.3 Å². The number of furan rings is 1. The smallest absolute Gasteiger partial charge is 0.224 e. The molecule has 5 nitrogen and oxygen atoms in total. The predicted molar refractivity (Wildman–Crippen MR) is 62.4 cm³/mol. The second-order valence-corrected chi connectivity index (χ2v) is 4.36. The summed E-state index contributed by atoms with van der Waals surface area (Å²) in [6.45, 7) is 3.02. The minimum absolute atomic E-state index is 0.0651. The highest BCUT2D eigenvalue weighted by Crippen LogP contribution is 2.33. The number of carbonyl (C=O) groups is 1. The van der Waals surface area contributed by atoms with Gasteiger partial charge in [-0.05, 0) is 18.6 Å². The molecule has 1 aliphatic heterocycles.